The molecule has 88 valence electrons. The first-order valence-corrected chi connectivity index (χ1v) is 5.08. The zero-order valence-corrected chi connectivity index (χ0v) is 12.5. The number of halogens is 1. The van der Waals surface area contributed by atoms with Gasteiger partial charge in [0.25, 0.3) is 0 Å². The van der Waals surface area contributed by atoms with Crippen molar-refractivity contribution in [1.29, 1.82) is 0 Å². The molecule has 0 heterocycles. The van der Waals surface area contributed by atoms with Crippen LogP contribution in [-0.4, -0.2) is 43.9 Å². The second-order valence-electron chi connectivity index (χ2n) is 3.86. The minimum absolute atomic E-state index is 0. The van der Waals surface area contributed by atoms with Gasteiger partial charge in [-0.15, -0.1) is 0 Å². The number of thiol groups is 1. The van der Waals surface area contributed by atoms with Crippen LogP contribution in [0.4, 0.5) is 0 Å². The molecule has 0 saturated heterocycles. The first kappa shape index (κ1) is 20.0. The molecule has 0 atom stereocenters. The highest BCUT2D eigenvalue weighted by Crippen LogP contribution is 1.88. The summed E-state index contributed by atoms with van der Waals surface area (Å²) in [6, 6.07) is 0. The molecule has 0 rings (SSSR count). The van der Waals surface area contributed by atoms with E-state index in [1.165, 1.54) is 0 Å². The predicted molar refractivity (Wildman–Crippen MR) is 56.7 cm³/mol. The topological polar surface area (TPSA) is 40.1 Å². The van der Waals surface area contributed by atoms with Gasteiger partial charge in [0.15, 0.2) is 0 Å². The molecule has 0 aromatic heterocycles. The molecule has 0 fully saturated rings. The highest BCUT2D eigenvalue weighted by molar-refractivity contribution is 7.80. The molecular formula is C9H21INO2S-. The third-order valence-corrected chi connectivity index (χ3v) is 1.42. The van der Waals surface area contributed by atoms with Crippen LogP contribution in [-0.2, 0) is 4.79 Å². The standard InChI is InChI=1S/C5H13NS.C4H8O2.HI/c1-6(2,3)4-5-7;1-2-3-4(5)6;/h4-5H2,1-3H3;2-3H2,1H3,(H,5,6);1H/p-1. The van der Waals surface area contributed by atoms with Gasteiger partial charge in [0.1, 0.15) is 0 Å². The average molecular weight is 334 g/mol. The van der Waals surface area contributed by atoms with Gasteiger partial charge in [-0.1, -0.05) is 13.3 Å². The largest absolute Gasteiger partial charge is 1.00 e. The Morgan fingerprint density at radius 2 is 1.79 bits per heavy atom. The number of quaternary nitrogens is 1. The van der Waals surface area contributed by atoms with Gasteiger partial charge >= 0.3 is 0 Å². The summed E-state index contributed by atoms with van der Waals surface area (Å²) in [5.74, 6) is 0.0150. The Kier molecular flexibility index (Phi) is 16.5. The molecule has 0 aliphatic rings. The molecule has 0 aliphatic carbocycles. The van der Waals surface area contributed by atoms with Crippen molar-refractivity contribution < 1.29 is 38.4 Å². The van der Waals surface area contributed by atoms with E-state index in [1.807, 2.05) is 0 Å². The number of carboxylic acids is 1. The number of rotatable bonds is 4. The minimum atomic E-state index is -0.961. The fraction of sp³-hybridized carbons (Fsp3) is 0.889. The summed E-state index contributed by atoms with van der Waals surface area (Å²) in [5.41, 5.74) is 0. The lowest BCUT2D eigenvalue weighted by molar-refractivity contribution is -0.867. The zero-order valence-electron chi connectivity index (χ0n) is 9.42. The van der Waals surface area contributed by atoms with Crippen LogP contribution in [0, 0.1) is 0 Å². The molecule has 0 N–H and O–H groups in total. The van der Waals surface area contributed by atoms with E-state index in [0.717, 1.165) is 16.8 Å². The Bertz CT molecular complexity index is 137. The third-order valence-electron chi connectivity index (χ3n) is 1.22. The van der Waals surface area contributed by atoms with E-state index in [-0.39, 0.29) is 30.4 Å². The third kappa shape index (κ3) is 29.4. The molecule has 0 spiro atoms. The van der Waals surface area contributed by atoms with Crippen molar-refractivity contribution in [3.63, 3.8) is 0 Å². The van der Waals surface area contributed by atoms with Crippen molar-refractivity contribution in [3.8, 4) is 0 Å². The van der Waals surface area contributed by atoms with Gasteiger partial charge in [-0.3, -0.25) is 0 Å². The summed E-state index contributed by atoms with van der Waals surface area (Å²) in [7, 11) is 6.49. The van der Waals surface area contributed by atoms with E-state index in [2.05, 4.69) is 33.8 Å². The van der Waals surface area contributed by atoms with Crippen LogP contribution in [0.2, 0.25) is 0 Å². The molecule has 14 heavy (non-hydrogen) atoms. The first-order chi connectivity index (χ1) is 5.83. The second-order valence-corrected chi connectivity index (χ2v) is 4.31. The molecule has 0 aromatic rings. The maximum atomic E-state index is 9.49. The molecule has 0 bridgehead atoms. The summed E-state index contributed by atoms with van der Waals surface area (Å²) in [6.07, 6.45) is 0.850. The Labute approximate surface area is 110 Å². The quantitative estimate of drug-likeness (QED) is 0.342. The predicted octanol–water partition coefficient (Wildman–Crippen LogP) is -2.84. The van der Waals surface area contributed by atoms with E-state index in [1.54, 1.807) is 6.92 Å². The Morgan fingerprint density at radius 1 is 1.36 bits per heavy atom. The highest BCUT2D eigenvalue weighted by Gasteiger charge is 2.01. The minimum Gasteiger partial charge on any atom is -1.00 e. The van der Waals surface area contributed by atoms with Crippen LogP contribution in [0.3, 0.4) is 0 Å². The summed E-state index contributed by atoms with van der Waals surface area (Å²) in [5, 5.41) is 9.49. The van der Waals surface area contributed by atoms with Crippen molar-refractivity contribution in [1.82, 2.24) is 0 Å². The van der Waals surface area contributed by atoms with Crippen LogP contribution in [0.5, 0.6) is 0 Å². The monoisotopic (exact) mass is 334 g/mol. The molecule has 0 radical (unpaired) electrons. The van der Waals surface area contributed by atoms with Gasteiger partial charge in [-0.05, 0) is 6.42 Å². The van der Waals surface area contributed by atoms with Gasteiger partial charge < -0.3 is 38.4 Å². The number of carbonyl (C=O) groups excluding carboxylic acids is 1. The van der Waals surface area contributed by atoms with Gasteiger partial charge in [-0.25, -0.2) is 0 Å². The maximum absolute atomic E-state index is 9.49. The fourth-order valence-electron chi connectivity index (χ4n) is 0.504. The van der Waals surface area contributed by atoms with Crippen molar-refractivity contribution in [3.05, 3.63) is 0 Å². The summed E-state index contributed by atoms with van der Waals surface area (Å²) < 4.78 is 1.02. The van der Waals surface area contributed by atoms with E-state index in [4.69, 9.17) is 0 Å². The number of nitrogens with zero attached hydrogens (tertiary/aromatic N) is 1. The van der Waals surface area contributed by atoms with Crippen LogP contribution in [0.1, 0.15) is 19.8 Å². The lowest BCUT2D eigenvalue weighted by atomic mass is 10.4. The van der Waals surface area contributed by atoms with Crippen molar-refractivity contribution in [2.24, 2.45) is 0 Å². The highest BCUT2D eigenvalue weighted by atomic mass is 127. The van der Waals surface area contributed by atoms with Gasteiger partial charge in [-0.2, -0.15) is 12.6 Å². The number of carboxylic acid groups (broad SMARTS) is 1. The first-order valence-electron chi connectivity index (χ1n) is 4.44. The normalized spacial score (nSPS) is 9.50. The van der Waals surface area contributed by atoms with Crippen LogP contribution < -0.4 is 29.1 Å². The van der Waals surface area contributed by atoms with Crippen LogP contribution in [0.15, 0.2) is 0 Å². The molecule has 0 unspecified atom stereocenters. The van der Waals surface area contributed by atoms with Gasteiger partial charge in [0.05, 0.1) is 27.7 Å². The van der Waals surface area contributed by atoms with E-state index in [0.29, 0.717) is 6.42 Å². The number of hydrogen-bond donors (Lipinski definition) is 1. The van der Waals surface area contributed by atoms with Crippen molar-refractivity contribution in [2.45, 2.75) is 19.8 Å². The SMILES string of the molecule is CCCC(=O)[O-].C[N+](C)(C)CCS.[I-]. The summed E-state index contributed by atoms with van der Waals surface area (Å²) >= 11 is 4.10. The summed E-state index contributed by atoms with van der Waals surface area (Å²) in [6.45, 7) is 2.94. The molecule has 0 amide bonds. The number of hydrogen-bond acceptors (Lipinski definition) is 3. The average Bonchev–Trinajstić information content (AvgIpc) is 1.84. The molecule has 0 saturated carbocycles. The molecule has 3 nitrogen and oxygen atoms in total. The van der Waals surface area contributed by atoms with Crippen LogP contribution in [0.25, 0.3) is 0 Å². The van der Waals surface area contributed by atoms with E-state index >= 15 is 0 Å². The Hall–Kier alpha value is 0.510. The van der Waals surface area contributed by atoms with Crippen molar-refractivity contribution in [2.75, 3.05) is 33.4 Å². The van der Waals surface area contributed by atoms with Gasteiger partial charge in [0, 0.05) is 11.7 Å². The van der Waals surface area contributed by atoms with Gasteiger partial charge in [0.2, 0.25) is 0 Å². The summed E-state index contributed by atoms with van der Waals surface area (Å²) in [4.78, 5) is 9.49. The maximum Gasteiger partial charge on any atom is 0.0869 e. The lowest BCUT2D eigenvalue weighted by Gasteiger charge is -2.22. The van der Waals surface area contributed by atoms with E-state index in [9.17, 15) is 9.90 Å². The zero-order chi connectivity index (χ0) is 10.9. The Balaban J connectivity index is -0.000000163. The number of aliphatic carboxylic acids is 1. The molecule has 5 heteroatoms. The number of carbonyl (C=O) groups is 1. The second kappa shape index (κ2) is 11.6. The fourth-order valence-corrected chi connectivity index (χ4v) is 1.10. The van der Waals surface area contributed by atoms with Crippen LogP contribution >= 0.6 is 12.6 Å². The molecule has 0 aromatic carbocycles. The lowest BCUT2D eigenvalue weighted by Crippen LogP contribution is -3.00. The van der Waals surface area contributed by atoms with Crippen molar-refractivity contribution >= 4 is 18.6 Å². The molecular weight excluding hydrogens is 313 g/mol. The Morgan fingerprint density at radius 3 is 1.79 bits per heavy atom. The smallest absolute Gasteiger partial charge is 0.0869 e. The van der Waals surface area contributed by atoms with E-state index < -0.39 is 5.97 Å². The molecule has 0 aliphatic heterocycles.